The van der Waals surface area contributed by atoms with Gasteiger partial charge in [-0.05, 0) is 39.0 Å². The van der Waals surface area contributed by atoms with Crippen molar-refractivity contribution in [1.29, 1.82) is 0 Å². The predicted molar refractivity (Wildman–Crippen MR) is 119 cm³/mol. The van der Waals surface area contributed by atoms with Crippen LogP contribution in [0.25, 0.3) is 0 Å². The molecule has 0 saturated carbocycles. The lowest BCUT2D eigenvalue weighted by Crippen LogP contribution is -2.31. The predicted octanol–water partition coefficient (Wildman–Crippen LogP) is 2.80. The number of carbonyl (C=O) groups is 1. The smallest absolute Gasteiger partial charge is 0.246 e. The largest absolute Gasteiger partial charge is 0.496 e. The molecular weight excluding hydrogens is 432 g/mol. The first-order valence-corrected chi connectivity index (χ1v) is 11.5. The fourth-order valence-electron chi connectivity index (χ4n) is 3.60. The molecule has 9 nitrogen and oxygen atoms in total. The van der Waals surface area contributed by atoms with Crippen LogP contribution < -0.4 is 10.1 Å². The van der Waals surface area contributed by atoms with Crippen molar-refractivity contribution < 1.29 is 22.4 Å². The van der Waals surface area contributed by atoms with Crippen LogP contribution in [-0.4, -0.2) is 42.6 Å². The molecule has 1 aromatic carbocycles. The van der Waals surface area contributed by atoms with Crippen LogP contribution in [0.2, 0.25) is 0 Å². The first kappa shape index (κ1) is 23.6. The number of aryl methyl sites for hydroxylation is 1. The van der Waals surface area contributed by atoms with Crippen molar-refractivity contribution >= 4 is 15.9 Å². The Morgan fingerprint density at radius 2 is 1.97 bits per heavy atom. The Labute approximate surface area is 188 Å². The number of benzene rings is 1. The highest BCUT2D eigenvalue weighted by Crippen LogP contribution is 2.26. The summed E-state index contributed by atoms with van der Waals surface area (Å²) in [6.07, 6.45) is 1.49. The van der Waals surface area contributed by atoms with E-state index in [9.17, 15) is 13.2 Å². The zero-order chi connectivity index (χ0) is 23.5. The minimum Gasteiger partial charge on any atom is -0.496 e. The van der Waals surface area contributed by atoms with E-state index < -0.39 is 10.0 Å². The van der Waals surface area contributed by atoms with Gasteiger partial charge in [0.2, 0.25) is 15.9 Å². The molecule has 0 saturated heterocycles. The maximum absolute atomic E-state index is 13.1. The number of para-hydroxylation sites is 1. The Balaban J connectivity index is 1.76. The van der Waals surface area contributed by atoms with E-state index in [2.05, 4.69) is 10.4 Å². The lowest BCUT2D eigenvalue weighted by molar-refractivity contribution is -0.122. The van der Waals surface area contributed by atoms with Crippen LogP contribution in [0.15, 0.2) is 52.0 Å². The molecule has 32 heavy (non-hydrogen) atoms. The van der Waals surface area contributed by atoms with Crippen LogP contribution in [-0.2, 0) is 27.9 Å². The highest BCUT2D eigenvalue weighted by atomic mass is 32.2. The standard InChI is InChI=1S/C22H28N4O5S/c1-15(19-10-6-7-11-20(19)30-5)23-21(27)14-26-17(3)22(16(2)24-26)32(28,29)25(4)13-18-9-8-12-31-18/h6-12,15H,13-14H2,1-5H3,(H,23,27). The van der Waals surface area contributed by atoms with E-state index in [0.29, 0.717) is 22.9 Å². The number of ether oxygens (including phenoxy) is 1. The molecule has 0 aliphatic carbocycles. The normalized spacial score (nSPS) is 12.7. The Bertz CT molecular complexity index is 1190. The minimum atomic E-state index is -3.82. The van der Waals surface area contributed by atoms with E-state index in [1.54, 1.807) is 33.1 Å². The number of hydrogen-bond acceptors (Lipinski definition) is 6. The summed E-state index contributed by atoms with van der Waals surface area (Å²) in [7, 11) is -0.765. The number of furan rings is 1. The number of rotatable bonds is 9. The summed E-state index contributed by atoms with van der Waals surface area (Å²) >= 11 is 0. The summed E-state index contributed by atoms with van der Waals surface area (Å²) in [6.45, 7) is 5.10. The van der Waals surface area contributed by atoms with E-state index in [4.69, 9.17) is 9.15 Å². The molecule has 2 aromatic heterocycles. The number of hydrogen-bond donors (Lipinski definition) is 1. The van der Waals surface area contributed by atoms with Gasteiger partial charge in [0.15, 0.2) is 0 Å². The monoisotopic (exact) mass is 460 g/mol. The van der Waals surface area contributed by atoms with Crippen LogP contribution >= 0.6 is 0 Å². The summed E-state index contributed by atoms with van der Waals surface area (Å²) in [5.74, 6) is 0.921. The van der Waals surface area contributed by atoms with Gasteiger partial charge in [-0.25, -0.2) is 8.42 Å². The summed E-state index contributed by atoms with van der Waals surface area (Å²) in [5, 5.41) is 7.23. The quantitative estimate of drug-likeness (QED) is 0.526. The molecule has 1 unspecified atom stereocenters. The topological polar surface area (TPSA) is 107 Å². The highest BCUT2D eigenvalue weighted by Gasteiger charge is 2.29. The average Bonchev–Trinajstić information content (AvgIpc) is 3.35. The van der Waals surface area contributed by atoms with Gasteiger partial charge in [0.25, 0.3) is 0 Å². The number of nitrogens with zero attached hydrogens (tertiary/aromatic N) is 3. The van der Waals surface area contributed by atoms with Gasteiger partial charge < -0.3 is 14.5 Å². The van der Waals surface area contributed by atoms with Crippen LogP contribution in [0.4, 0.5) is 0 Å². The zero-order valence-electron chi connectivity index (χ0n) is 18.8. The van der Waals surface area contributed by atoms with E-state index in [1.807, 2.05) is 31.2 Å². The Hall–Kier alpha value is -3.11. The van der Waals surface area contributed by atoms with E-state index in [0.717, 1.165) is 5.56 Å². The minimum absolute atomic E-state index is 0.0936. The van der Waals surface area contributed by atoms with Crippen LogP contribution in [0, 0.1) is 13.8 Å². The van der Waals surface area contributed by atoms with Crippen molar-refractivity contribution in [3.8, 4) is 5.75 Å². The van der Waals surface area contributed by atoms with Crippen LogP contribution in [0.1, 0.15) is 35.7 Å². The van der Waals surface area contributed by atoms with Crippen molar-refractivity contribution in [2.75, 3.05) is 14.2 Å². The summed E-state index contributed by atoms with van der Waals surface area (Å²) in [4.78, 5) is 12.8. The summed E-state index contributed by atoms with van der Waals surface area (Å²) < 4.78 is 39.5. The molecule has 172 valence electrons. The molecule has 0 aliphatic heterocycles. The summed E-state index contributed by atoms with van der Waals surface area (Å²) in [6, 6.07) is 10.6. The number of nitrogens with one attached hydrogen (secondary N) is 1. The SMILES string of the molecule is COc1ccccc1C(C)NC(=O)Cn1nc(C)c(S(=O)(=O)N(C)Cc2ccco2)c1C. The molecular formula is C22H28N4O5S. The molecule has 2 heterocycles. The van der Waals surface area contributed by atoms with Gasteiger partial charge in [0, 0.05) is 12.6 Å². The second-order valence-corrected chi connectivity index (χ2v) is 9.51. The van der Waals surface area contributed by atoms with Gasteiger partial charge in [0.05, 0.1) is 37.3 Å². The molecule has 0 aliphatic rings. The molecule has 10 heteroatoms. The Morgan fingerprint density at radius 1 is 1.25 bits per heavy atom. The van der Waals surface area contributed by atoms with Crippen molar-refractivity contribution in [2.24, 2.45) is 0 Å². The lowest BCUT2D eigenvalue weighted by Gasteiger charge is -2.18. The van der Waals surface area contributed by atoms with Gasteiger partial charge in [-0.2, -0.15) is 9.40 Å². The molecule has 0 spiro atoms. The maximum atomic E-state index is 13.1. The van der Waals surface area contributed by atoms with Gasteiger partial charge in [-0.1, -0.05) is 18.2 Å². The van der Waals surface area contributed by atoms with Gasteiger partial charge in [0.1, 0.15) is 22.9 Å². The molecule has 0 bridgehead atoms. The van der Waals surface area contributed by atoms with Crippen molar-refractivity contribution in [2.45, 2.75) is 44.8 Å². The third-order valence-electron chi connectivity index (χ3n) is 5.22. The van der Waals surface area contributed by atoms with Crippen LogP contribution in [0.5, 0.6) is 5.75 Å². The van der Waals surface area contributed by atoms with Crippen molar-refractivity contribution in [3.05, 3.63) is 65.4 Å². The third-order valence-corrected chi connectivity index (χ3v) is 7.27. The second-order valence-electron chi connectivity index (χ2n) is 7.53. The Kier molecular flexibility index (Phi) is 7.05. The number of aromatic nitrogens is 2. The first-order valence-electron chi connectivity index (χ1n) is 10.1. The maximum Gasteiger partial charge on any atom is 0.246 e. The van der Waals surface area contributed by atoms with Gasteiger partial charge in [-0.15, -0.1) is 0 Å². The summed E-state index contributed by atoms with van der Waals surface area (Å²) in [5.41, 5.74) is 1.58. The lowest BCUT2D eigenvalue weighted by atomic mass is 10.1. The molecule has 3 rings (SSSR count). The molecule has 1 amide bonds. The molecule has 3 aromatic rings. The zero-order valence-corrected chi connectivity index (χ0v) is 19.6. The number of amides is 1. The van der Waals surface area contributed by atoms with E-state index in [1.165, 1.54) is 22.3 Å². The van der Waals surface area contributed by atoms with Gasteiger partial charge >= 0.3 is 0 Å². The highest BCUT2D eigenvalue weighted by molar-refractivity contribution is 7.89. The second kappa shape index (κ2) is 9.58. The third kappa shape index (κ3) is 4.86. The number of sulfonamides is 1. The average molecular weight is 461 g/mol. The molecule has 0 fully saturated rings. The van der Waals surface area contributed by atoms with Crippen LogP contribution in [0.3, 0.4) is 0 Å². The molecule has 1 N–H and O–H groups in total. The fourth-order valence-corrected chi connectivity index (χ4v) is 5.10. The van der Waals surface area contributed by atoms with Crippen molar-refractivity contribution in [1.82, 2.24) is 19.4 Å². The fraction of sp³-hybridized carbons (Fsp3) is 0.364. The number of methoxy groups -OCH3 is 1. The number of carbonyl (C=O) groups excluding carboxylic acids is 1. The van der Waals surface area contributed by atoms with E-state index >= 15 is 0 Å². The Morgan fingerprint density at radius 3 is 2.62 bits per heavy atom. The van der Waals surface area contributed by atoms with Crippen molar-refractivity contribution in [3.63, 3.8) is 0 Å². The first-order chi connectivity index (χ1) is 15.1. The molecule has 1 atom stereocenters. The van der Waals surface area contributed by atoms with E-state index in [-0.39, 0.29) is 29.9 Å². The molecule has 0 radical (unpaired) electrons. The van der Waals surface area contributed by atoms with Gasteiger partial charge in [-0.3, -0.25) is 9.48 Å².